The van der Waals surface area contributed by atoms with Crippen LogP contribution in [-0.2, 0) is 12.8 Å². The number of methoxy groups -OCH3 is 1. The molecule has 20 heavy (non-hydrogen) atoms. The van der Waals surface area contributed by atoms with Gasteiger partial charge >= 0.3 is 0 Å². The monoisotopic (exact) mass is 379 g/mol. The average molecular weight is 379 g/mol. The fraction of sp³-hybridized carbons (Fsp3) is 0.294. The number of hydrogen-bond donors (Lipinski definition) is 1. The first-order valence-electron chi connectivity index (χ1n) is 6.93. The van der Waals surface area contributed by atoms with E-state index in [1.807, 2.05) is 0 Å². The molecular weight excluding hydrogens is 361 g/mol. The summed E-state index contributed by atoms with van der Waals surface area (Å²) in [6.45, 7) is 0. The Kier molecular flexibility index (Phi) is 4.15. The van der Waals surface area contributed by atoms with E-state index in [9.17, 15) is 0 Å². The number of rotatable bonds is 3. The lowest BCUT2D eigenvalue weighted by molar-refractivity contribution is 0.413. The van der Waals surface area contributed by atoms with Gasteiger partial charge in [-0.3, -0.25) is 0 Å². The molecule has 104 valence electrons. The molecule has 0 spiro atoms. The Balaban J connectivity index is 1.76. The van der Waals surface area contributed by atoms with Gasteiger partial charge in [0, 0.05) is 15.3 Å². The summed E-state index contributed by atoms with van der Waals surface area (Å²) in [4.78, 5) is 0. The molecule has 0 saturated carbocycles. The molecule has 0 radical (unpaired) electrons. The highest BCUT2D eigenvalue weighted by atomic mass is 127. The van der Waals surface area contributed by atoms with Crippen molar-refractivity contribution < 1.29 is 4.74 Å². The van der Waals surface area contributed by atoms with Crippen LogP contribution in [0.1, 0.15) is 17.5 Å². The molecule has 3 rings (SSSR count). The third kappa shape index (κ3) is 2.92. The van der Waals surface area contributed by atoms with Crippen LogP contribution in [0.4, 0.5) is 5.69 Å². The first-order chi connectivity index (χ1) is 9.76. The summed E-state index contributed by atoms with van der Waals surface area (Å²) in [6, 6.07) is 15.4. The van der Waals surface area contributed by atoms with Crippen molar-refractivity contribution in [3.8, 4) is 5.75 Å². The van der Waals surface area contributed by atoms with Crippen molar-refractivity contribution in [3.05, 3.63) is 57.2 Å². The minimum absolute atomic E-state index is 0.505. The Hall–Kier alpha value is -1.23. The second-order valence-corrected chi connectivity index (χ2v) is 6.36. The van der Waals surface area contributed by atoms with Crippen molar-refractivity contribution in [2.45, 2.75) is 25.3 Å². The molecule has 0 amide bonds. The molecule has 0 aliphatic heterocycles. The molecule has 0 heterocycles. The van der Waals surface area contributed by atoms with Gasteiger partial charge in [-0.05, 0) is 77.2 Å². The Labute approximate surface area is 133 Å². The summed E-state index contributed by atoms with van der Waals surface area (Å²) >= 11 is 2.39. The number of para-hydroxylation sites is 1. The van der Waals surface area contributed by atoms with E-state index in [1.165, 1.54) is 26.8 Å². The van der Waals surface area contributed by atoms with E-state index < -0.39 is 0 Å². The van der Waals surface area contributed by atoms with Gasteiger partial charge in [-0.25, -0.2) is 0 Å². The van der Waals surface area contributed by atoms with Crippen LogP contribution in [0, 0.1) is 3.57 Å². The highest BCUT2D eigenvalue weighted by Crippen LogP contribution is 2.28. The number of halogens is 1. The standard InChI is InChI=1S/C17H18INO/c1-20-15-9-7-12-6-8-14(10-13(12)11-15)19-17-5-3-2-4-16(17)18/h2-5,7,9,11,14,19H,6,8,10H2,1H3. The third-order valence-electron chi connectivity index (χ3n) is 3.88. The summed E-state index contributed by atoms with van der Waals surface area (Å²) in [6.07, 6.45) is 3.39. The predicted octanol–water partition coefficient (Wildman–Crippen LogP) is 4.27. The lowest BCUT2D eigenvalue weighted by atomic mass is 9.88. The summed E-state index contributed by atoms with van der Waals surface area (Å²) in [5.41, 5.74) is 4.12. The van der Waals surface area contributed by atoms with Gasteiger partial charge in [0.1, 0.15) is 5.75 Å². The molecule has 2 nitrogen and oxygen atoms in total. The van der Waals surface area contributed by atoms with Crippen molar-refractivity contribution in [2.24, 2.45) is 0 Å². The van der Waals surface area contributed by atoms with Crippen LogP contribution in [-0.4, -0.2) is 13.2 Å². The van der Waals surface area contributed by atoms with E-state index >= 15 is 0 Å². The fourth-order valence-electron chi connectivity index (χ4n) is 2.78. The number of ether oxygens (including phenoxy) is 1. The van der Waals surface area contributed by atoms with Crippen molar-refractivity contribution >= 4 is 28.3 Å². The van der Waals surface area contributed by atoms with Crippen molar-refractivity contribution in [2.75, 3.05) is 12.4 Å². The normalized spacial score (nSPS) is 17.4. The molecule has 3 heteroatoms. The third-order valence-corrected chi connectivity index (χ3v) is 4.82. The number of anilines is 1. The van der Waals surface area contributed by atoms with Crippen molar-refractivity contribution in [3.63, 3.8) is 0 Å². The Morgan fingerprint density at radius 3 is 2.80 bits per heavy atom. The van der Waals surface area contributed by atoms with Gasteiger partial charge in [0.15, 0.2) is 0 Å². The molecule has 1 aliphatic carbocycles. The minimum atomic E-state index is 0.505. The van der Waals surface area contributed by atoms with Gasteiger partial charge in [0.25, 0.3) is 0 Å². The topological polar surface area (TPSA) is 21.3 Å². The fourth-order valence-corrected chi connectivity index (χ4v) is 3.32. The second-order valence-electron chi connectivity index (χ2n) is 5.20. The summed E-state index contributed by atoms with van der Waals surface area (Å²) < 4.78 is 6.61. The molecule has 1 aliphatic rings. The molecule has 0 aromatic heterocycles. The van der Waals surface area contributed by atoms with E-state index in [0.717, 1.165) is 18.6 Å². The van der Waals surface area contributed by atoms with Crippen LogP contribution >= 0.6 is 22.6 Å². The number of nitrogens with one attached hydrogen (secondary N) is 1. The highest BCUT2D eigenvalue weighted by Gasteiger charge is 2.19. The van der Waals surface area contributed by atoms with Gasteiger partial charge in [0.05, 0.1) is 7.11 Å². The summed E-state index contributed by atoms with van der Waals surface area (Å²) in [7, 11) is 1.73. The molecule has 0 fully saturated rings. The predicted molar refractivity (Wildman–Crippen MR) is 91.6 cm³/mol. The Bertz CT molecular complexity index is 612. The van der Waals surface area contributed by atoms with Gasteiger partial charge in [0.2, 0.25) is 0 Å². The van der Waals surface area contributed by atoms with E-state index in [4.69, 9.17) is 4.74 Å². The molecule has 1 atom stereocenters. The van der Waals surface area contributed by atoms with E-state index in [-0.39, 0.29) is 0 Å². The highest BCUT2D eigenvalue weighted by molar-refractivity contribution is 14.1. The lowest BCUT2D eigenvalue weighted by Crippen LogP contribution is -2.27. The van der Waals surface area contributed by atoms with E-state index in [1.54, 1.807) is 7.11 Å². The van der Waals surface area contributed by atoms with Gasteiger partial charge < -0.3 is 10.1 Å². The second kappa shape index (κ2) is 6.04. The van der Waals surface area contributed by atoms with Crippen LogP contribution in [0.15, 0.2) is 42.5 Å². The molecule has 0 bridgehead atoms. The maximum Gasteiger partial charge on any atom is 0.119 e. The van der Waals surface area contributed by atoms with Gasteiger partial charge in [-0.2, -0.15) is 0 Å². The molecule has 1 N–H and O–H groups in total. The molecule has 2 aromatic rings. The van der Waals surface area contributed by atoms with Crippen LogP contribution in [0.3, 0.4) is 0 Å². The molecular formula is C17H18INO. The van der Waals surface area contributed by atoms with Gasteiger partial charge in [-0.15, -0.1) is 0 Å². The zero-order valence-corrected chi connectivity index (χ0v) is 13.7. The van der Waals surface area contributed by atoms with Crippen LogP contribution in [0.5, 0.6) is 5.75 Å². The van der Waals surface area contributed by atoms with Crippen molar-refractivity contribution in [1.29, 1.82) is 0 Å². The quantitative estimate of drug-likeness (QED) is 0.805. The lowest BCUT2D eigenvalue weighted by Gasteiger charge is -2.27. The van der Waals surface area contributed by atoms with E-state index in [0.29, 0.717) is 6.04 Å². The number of fused-ring (bicyclic) bond motifs is 1. The number of hydrogen-bond acceptors (Lipinski definition) is 2. The number of aryl methyl sites for hydroxylation is 1. The summed E-state index contributed by atoms with van der Waals surface area (Å²) in [5.74, 6) is 0.957. The SMILES string of the molecule is COc1ccc2c(c1)CC(Nc1ccccc1I)CC2. The molecule has 1 unspecified atom stereocenters. The van der Waals surface area contributed by atoms with Gasteiger partial charge in [-0.1, -0.05) is 18.2 Å². The maximum atomic E-state index is 5.33. The van der Waals surface area contributed by atoms with Crippen LogP contribution in [0.25, 0.3) is 0 Å². The van der Waals surface area contributed by atoms with Crippen molar-refractivity contribution in [1.82, 2.24) is 0 Å². The average Bonchev–Trinajstić information content (AvgIpc) is 2.49. The zero-order chi connectivity index (χ0) is 13.9. The van der Waals surface area contributed by atoms with Crippen LogP contribution < -0.4 is 10.1 Å². The smallest absolute Gasteiger partial charge is 0.119 e. The first kappa shape index (κ1) is 13.7. The first-order valence-corrected chi connectivity index (χ1v) is 8.01. The number of benzene rings is 2. The Morgan fingerprint density at radius 1 is 1.15 bits per heavy atom. The Morgan fingerprint density at radius 2 is 2.00 bits per heavy atom. The largest absolute Gasteiger partial charge is 0.497 e. The minimum Gasteiger partial charge on any atom is -0.497 e. The van der Waals surface area contributed by atoms with Crippen LogP contribution in [0.2, 0.25) is 0 Å². The maximum absolute atomic E-state index is 5.33. The summed E-state index contributed by atoms with van der Waals surface area (Å²) in [5, 5.41) is 3.68. The zero-order valence-electron chi connectivity index (χ0n) is 11.5. The molecule has 0 saturated heterocycles. The van der Waals surface area contributed by atoms with E-state index in [2.05, 4.69) is 70.4 Å². The molecule has 2 aromatic carbocycles.